The average Bonchev–Trinajstić information content (AvgIpc) is 2.29. The fraction of sp³-hybridized carbons (Fsp3) is 0.400. The lowest BCUT2D eigenvalue weighted by Crippen LogP contribution is -2.19. The molecule has 0 fully saturated rings. The lowest BCUT2D eigenvalue weighted by Gasteiger charge is -2.12. The molecular weight excluding hydrogens is 385 g/mol. The van der Waals surface area contributed by atoms with Gasteiger partial charge in [-0.15, -0.1) is 13.2 Å². The quantitative estimate of drug-likeness (QED) is 0.448. The zero-order valence-corrected chi connectivity index (χ0v) is 11.7. The van der Waals surface area contributed by atoms with Crippen LogP contribution in [0.4, 0.5) is 17.6 Å². The van der Waals surface area contributed by atoms with E-state index < -0.39 is 24.9 Å². The summed E-state index contributed by atoms with van der Waals surface area (Å²) in [6.45, 7) is 0.451. The van der Waals surface area contributed by atoms with Crippen molar-refractivity contribution >= 4 is 28.6 Å². The molecule has 0 radical (unpaired) electrons. The molecule has 106 valence electrons. The van der Waals surface area contributed by atoms with Gasteiger partial charge in [-0.1, -0.05) is 0 Å². The normalized spacial score (nSPS) is 11.3. The van der Waals surface area contributed by atoms with Crippen LogP contribution in [0.15, 0.2) is 6.07 Å². The molecule has 1 rings (SSSR count). The molecule has 1 aromatic heterocycles. The third-order valence-corrected chi connectivity index (χ3v) is 3.05. The number of carbonyl (C=O) groups is 1. The molecule has 1 heterocycles. The Balaban J connectivity index is 3.22. The molecule has 0 saturated heterocycles. The number of carbonyl (C=O) groups excluding carboxylic acids is 1. The first-order valence-corrected chi connectivity index (χ1v) is 6.04. The Morgan fingerprint density at radius 3 is 2.58 bits per heavy atom. The number of alkyl halides is 4. The number of ether oxygens (including phenoxy) is 2. The number of rotatable bonds is 4. The van der Waals surface area contributed by atoms with Crippen molar-refractivity contribution in [2.45, 2.75) is 20.0 Å². The lowest BCUT2D eigenvalue weighted by molar-refractivity contribution is -0.276. The van der Waals surface area contributed by atoms with Gasteiger partial charge in [-0.3, -0.25) is 0 Å². The number of pyridine rings is 1. The van der Waals surface area contributed by atoms with E-state index in [0.717, 1.165) is 6.07 Å². The van der Waals surface area contributed by atoms with E-state index in [1.807, 2.05) is 0 Å². The number of halogens is 5. The molecule has 4 nitrogen and oxygen atoms in total. The van der Waals surface area contributed by atoms with Gasteiger partial charge < -0.3 is 9.47 Å². The summed E-state index contributed by atoms with van der Waals surface area (Å²) in [7, 11) is 0. The first-order valence-electron chi connectivity index (χ1n) is 4.96. The second-order valence-corrected chi connectivity index (χ2v) is 4.25. The molecule has 1 aromatic rings. The third-order valence-electron chi connectivity index (χ3n) is 1.85. The Labute approximate surface area is 119 Å². The number of nitrogens with zero attached hydrogens (tertiary/aromatic N) is 1. The fourth-order valence-corrected chi connectivity index (χ4v) is 1.81. The predicted molar refractivity (Wildman–Crippen MR) is 64.4 cm³/mol. The Kier molecular flexibility index (Phi) is 5.32. The predicted octanol–water partition coefficient (Wildman–Crippen LogP) is 3.23. The van der Waals surface area contributed by atoms with E-state index in [1.54, 1.807) is 22.6 Å². The van der Waals surface area contributed by atoms with Gasteiger partial charge in [0.25, 0.3) is 0 Å². The van der Waals surface area contributed by atoms with Crippen molar-refractivity contribution in [2.75, 3.05) is 6.61 Å². The van der Waals surface area contributed by atoms with Crippen molar-refractivity contribution in [3.8, 4) is 5.88 Å². The van der Waals surface area contributed by atoms with Crippen LogP contribution < -0.4 is 4.74 Å². The molecule has 0 aliphatic rings. The Morgan fingerprint density at radius 1 is 1.47 bits per heavy atom. The Morgan fingerprint density at radius 2 is 2.11 bits per heavy atom. The molecule has 0 atom stereocenters. The van der Waals surface area contributed by atoms with E-state index in [-0.39, 0.29) is 21.4 Å². The highest BCUT2D eigenvalue weighted by molar-refractivity contribution is 14.1. The van der Waals surface area contributed by atoms with Crippen LogP contribution in [0.2, 0.25) is 0 Å². The highest BCUT2D eigenvalue weighted by Crippen LogP contribution is 2.26. The lowest BCUT2D eigenvalue weighted by atomic mass is 10.2. The maximum atomic E-state index is 12.7. The number of aromatic nitrogens is 1. The van der Waals surface area contributed by atoms with Gasteiger partial charge in [-0.2, -0.15) is 0 Å². The molecule has 0 aliphatic heterocycles. The molecule has 19 heavy (non-hydrogen) atoms. The molecule has 0 bridgehead atoms. The second kappa shape index (κ2) is 6.35. The maximum absolute atomic E-state index is 12.7. The molecule has 0 spiro atoms. The number of hydrogen-bond donors (Lipinski definition) is 0. The molecular formula is C10H8F4INO3. The summed E-state index contributed by atoms with van der Waals surface area (Å²) >= 11 is 1.61. The highest BCUT2D eigenvalue weighted by atomic mass is 127. The van der Waals surface area contributed by atoms with Gasteiger partial charge in [0.05, 0.1) is 21.4 Å². The monoisotopic (exact) mass is 393 g/mol. The van der Waals surface area contributed by atoms with Gasteiger partial charge in [0.15, 0.2) is 0 Å². The highest BCUT2D eigenvalue weighted by Gasteiger charge is 2.33. The maximum Gasteiger partial charge on any atom is 0.574 e. The van der Waals surface area contributed by atoms with Crippen molar-refractivity contribution in [2.24, 2.45) is 0 Å². The van der Waals surface area contributed by atoms with Crippen LogP contribution in [-0.2, 0) is 11.4 Å². The second-order valence-electron chi connectivity index (χ2n) is 3.17. The molecule has 0 amide bonds. The molecule has 0 aliphatic carbocycles. The fourth-order valence-electron chi connectivity index (χ4n) is 1.17. The van der Waals surface area contributed by atoms with E-state index in [2.05, 4.69) is 14.5 Å². The average molecular weight is 393 g/mol. The van der Waals surface area contributed by atoms with E-state index in [1.165, 1.54) is 6.92 Å². The van der Waals surface area contributed by atoms with Gasteiger partial charge in [0.1, 0.15) is 6.67 Å². The molecule has 0 unspecified atom stereocenters. The minimum Gasteiger partial charge on any atom is -0.462 e. The first kappa shape index (κ1) is 15.9. The minimum atomic E-state index is -4.97. The molecule has 9 heteroatoms. The van der Waals surface area contributed by atoms with E-state index in [9.17, 15) is 22.4 Å². The Bertz CT molecular complexity index is 479. The standard InChI is InChI=1S/C10H8F4INO3/c1-2-18-9(17)5-3-7(19-10(12,13)14)16-6(4-11)8(5)15/h3H,2,4H2,1H3. The topological polar surface area (TPSA) is 48.4 Å². The summed E-state index contributed by atoms with van der Waals surface area (Å²) in [4.78, 5) is 14.9. The van der Waals surface area contributed by atoms with Crippen molar-refractivity contribution in [1.82, 2.24) is 4.98 Å². The van der Waals surface area contributed by atoms with E-state index in [0.29, 0.717) is 0 Å². The van der Waals surface area contributed by atoms with Gasteiger partial charge in [-0.05, 0) is 29.5 Å². The van der Waals surface area contributed by atoms with Crippen molar-refractivity contribution in [3.63, 3.8) is 0 Å². The van der Waals surface area contributed by atoms with Crippen LogP contribution in [0.3, 0.4) is 0 Å². The number of esters is 1. The summed E-state index contributed by atoms with van der Waals surface area (Å²) in [6, 6.07) is 0.770. The Hall–Kier alpha value is -1.13. The number of hydrogen-bond acceptors (Lipinski definition) is 4. The largest absolute Gasteiger partial charge is 0.574 e. The van der Waals surface area contributed by atoms with Crippen LogP contribution in [0.25, 0.3) is 0 Å². The minimum absolute atomic E-state index is 0.0393. The first-order chi connectivity index (χ1) is 8.78. The zero-order chi connectivity index (χ0) is 14.6. The van der Waals surface area contributed by atoms with Gasteiger partial charge >= 0.3 is 12.3 Å². The SMILES string of the molecule is CCOC(=O)c1cc(OC(F)(F)F)nc(CF)c1I. The van der Waals surface area contributed by atoms with E-state index >= 15 is 0 Å². The molecule has 0 aromatic carbocycles. The van der Waals surface area contributed by atoms with Crippen LogP contribution >= 0.6 is 22.6 Å². The van der Waals surface area contributed by atoms with Crippen LogP contribution in [0.5, 0.6) is 5.88 Å². The van der Waals surface area contributed by atoms with Crippen molar-refractivity contribution in [3.05, 3.63) is 20.9 Å². The summed E-state index contributed by atoms with van der Waals surface area (Å²) in [5, 5.41) is 0. The summed E-state index contributed by atoms with van der Waals surface area (Å²) < 4.78 is 57.3. The molecule has 0 N–H and O–H groups in total. The summed E-state index contributed by atoms with van der Waals surface area (Å²) in [5.41, 5.74) is -0.533. The zero-order valence-electron chi connectivity index (χ0n) is 9.55. The smallest absolute Gasteiger partial charge is 0.462 e. The van der Waals surface area contributed by atoms with Crippen LogP contribution in [0.1, 0.15) is 23.0 Å². The summed E-state index contributed by atoms with van der Waals surface area (Å²) in [6.07, 6.45) is -4.97. The van der Waals surface area contributed by atoms with Gasteiger partial charge in [0, 0.05) is 6.07 Å². The van der Waals surface area contributed by atoms with Crippen molar-refractivity contribution < 1.29 is 31.8 Å². The van der Waals surface area contributed by atoms with Crippen LogP contribution in [-0.4, -0.2) is 23.9 Å². The van der Waals surface area contributed by atoms with Crippen molar-refractivity contribution in [1.29, 1.82) is 0 Å². The van der Waals surface area contributed by atoms with Crippen LogP contribution in [0, 0.1) is 3.57 Å². The molecule has 0 saturated carbocycles. The van der Waals surface area contributed by atoms with Gasteiger partial charge in [-0.25, -0.2) is 14.2 Å². The third kappa shape index (κ3) is 4.48. The summed E-state index contributed by atoms with van der Waals surface area (Å²) in [5.74, 6) is -1.76. The van der Waals surface area contributed by atoms with Gasteiger partial charge in [0.2, 0.25) is 5.88 Å². The van der Waals surface area contributed by atoms with E-state index in [4.69, 9.17) is 0 Å².